The van der Waals surface area contributed by atoms with Gasteiger partial charge in [0.1, 0.15) is 16.5 Å². The number of hydrogen-bond donors (Lipinski definition) is 1. The minimum atomic E-state index is -0.191. The third-order valence-corrected chi connectivity index (χ3v) is 6.19. The lowest BCUT2D eigenvalue weighted by molar-refractivity contribution is -0.115. The molecule has 28 heavy (non-hydrogen) atoms. The van der Waals surface area contributed by atoms with E-state index in [1.807, 2.05) is 60.8 Å². The second-order valence-corrected chi connectivity index (χ2v) is 8.23. The van der Waals surface area contributed by atoms with Gasteiger partial charge in [-0.3, -0.25) is 4.79 Å². The first-order valence-corrected chi connectivity index (χ1v) is 10.7. The van der Waals surface area contributed by atoms with Crippen molar-refractivity contribution in [3.8, 4) is 22.1 Å². The van der Waals surface area contributed by atoms with Gasteiger partial charge in [-0.1, -0.05) is 12.1 Å². The minimum absolute atomic E-state index is 0.0292. The Morgan fingerprint density at radius 1 is 1.14 bits per heavy atom. The van der Waals surface area contributed by atoms with Crippen molar-refractivity contribution in [2.24, 2.45) is 0 Å². The molecule has 146 valence electrons. The summed E-state index contributed by atoms with van der Waals surface area (Å²) in [5.41, 5.74) is 2.76. The van der Waals surface area contributed by atoms with Crippen molar-refractivity contribution in [1.82, 2.24) is 4.98 Å². The molecule has 7 heteroatoms. The number of nitrogens with one attached hydrogen (secondary N) is 1. The number of rotatable bonds is 8. The van der Waals surface area contributed by atoms with Gasteiger partial charge in [-0.15, -0.1) is 23.1 Å². The van der Waals surface area contributed by atoms with Gasteiger partial charge in [-0.2, -0.15) is 0 Å². The second-order valence-electron chi connectivity index (χ2n) is 6.05. The second kappa shape index (κ2) is 9.61. The van der Waals surface area contributed by atoms with Gasteiger partial charge in [0.25, 0.3) is 0 Å². The van der Waals surface area contributed by atoms with Gasteiger partial charge in [0.05, 0.1) is 25.2 Å². The lowest BCUT2D eigenvalue weighted by atomic mass is 10.2. The van der Waals surface area contributed by atoms with E-state index in [0.717, 1.165) is 33.5 Å². The number of thioether (sulfide) groups is 1. The van der Waals surface area contributed by atoms with Gasteiger partial charge in [-0.05, 0) is 43.3 Å². The van der Waals surface area contributed by atoms with Crippen molar-refractivity contribution < 1.29 is 14.3 Å². The van der Waals surface area contributed by atoms with Crippen LogP contribution in [-0.4, -0.2) is 30.4 Å². The molecule has 0 fully saturated rings. The van der Waals surface area contributed by atoms with Crippen molar-refractivity contribution >= 4 is 34.7 Å². The molecule has 1 aromatic heterocycles. The van der Waals surface area contributed by atoms with Crippen molar-refractivity contribution in [2.75, 3.05) is 19.5 Å². The fraction of sp³-hybridized carbons (Fsp3) is 0.238. The van der Waals surface area contributed by atoms with Gasteiger partial charge in [0, 0.05) is 22.4 Å². The van der Waals surface area contributed by atoms with Crippen molar-refractivity contribution in [3.63, 3.8) is 0 Å². The average Bonchev–Trinajstić information content (AvgIpc) is 3.21. The number of carbonyl (C=O) groups excluding carboxylic acids is 1. The van der Waals surface area contributed by atoms with Gasteiger partial charge >= 0.3 is 0 Å². The zero-order chi connectivity index (χ0) is 19.9. The molecule has 3 aromatic rings. The molecule has 0 saturated heterocycles. The number of thiazole rings is 1. The van der Waals surface area contributed by atoms with Crippen LogP contribution in [0.25, 0.3) is 10.6 Å². The molecule has 0 saturated carbocycles. The SMILES string of the molecule is COc1ccc(NC(=O)C(C)SCc2csc(-c3cccc(OC)c3)n2)cc1. The number of carbonyl (C=O) groups is 1. The highest BCUT2D eigenvalue weighted by Gasteiger charge is 2.15. The highest BCUT2D eigenvalue weighted by Crippen LogP contribution is 2.29. The predicted molar refractivity (Wildman–Crippen MR) is 116 cm³/mol. The Morgan fingerprint density at radius 3 is 2.61 bits per heavy atom. The summed E-state index contributed by atoms with van der Waals surface area (Å²) in [4.78, 5) is 17.1. The fourth-order valence-corrected chi connectivity index (χ4v) is 4.17. The highest BCUT2D eigenvalue weighted by molar-refractivity contribution is 7.99. The zero-order valence-corrected chi connectivity index (χ0v) is 17.6. The number of benzene rings is 2. The van der Waals surface area contributed by atoms with Crippen LogP contribution in [-0.2, 0) is 10.5 Å². The Balaban J connectivity index is 1.54. The van der Waals surface area contributed by atoms with E-state index in [1.165, 1.54) is 0 Å². The largest absolute Gasteiger partial charge is 0.497 e. The van der Waals surface area contributed by atoms with E-state index in [-0.39, 0.29) is 11.2 Å². The van der Waals surface area contributed by atoms with Crippen LogP contribution in [0.15, 0.2) is 53.9 Å². The van der Waals surface area contributed by atoms with E-state index in [1.54, 1.807) is 37.3 Å². The van der Waals surface area contributed by atoms with Gasteiger partial charge in [-0.25, -0.2) is 4.98 Å². The van der Waals surface area contributed by atoms with Crippen LogP contribution < -0.4 is 14.8 Å². The number of aromatic nitrogens is 1. The summed E-state index contributed by atoms with van der Waals surface area (Å²) < 4.78 is 10.4. The molecule has 2 aromatic carbocycles. The van der Waals surface area contributed by atoms with Crippen LogP contribution in [0, 0.1) is 0 Å². The maximum atomic E-state index is 12.4. The molecule has 1 atom stereocenters. The van der Waals surface area contributed by atoms with Crippen LogP contribution in [0.3, 0.4) is 0 Å². The Hall–Kier alpha value is -2.51. The quantitative estimate of drug-likeness (QED) is 0.556. The Morgan fingerprint density at radius 2 is 1.89 bits per heavy atom. The van der Waals surface area contributed by atoms with Crippen molar-refractivity contribution in [3.05, 3.63) is 59.6 Å². The van der Waals surface area contributed by atoms with Gasteiger partial charge in [0.2, 0.25) is 5.91 Å². The number of ether oxygens (including phenoxy) is 2. The van der Waals surface area contributed by atoms with Crippen LogP contribution in [0.5, 0.6) is 11.5 Å². The maximum absolute atomic E-state index is 12.4. The number of hydrogen-bond acceptors (Lipinski definition) is 6. The van der Waals surface area contributed by atoms with Crippen LogP contribution in [0.2, 0.25) is 0 Å². The van der Waals surface area contributed by atoms with E-state index in [9.17, 15) is 4.79 Å². The molecule has 1 heterocycles. The standard InChI is InChI=1S/C21H22N2O3S2/c1-14(20(24)22-16-7-9-18(25-2)10-8-16)27-12-17-13-28-21(23-17)15-5-4-6-19(11-15)26-3/h4-11,13-14H,12H2,1-3H3,(H,22,24). The third kappa shape index (κ3) is 5.27. The van der Waals surface area contributed by atoms with E-state index in [0.29, 0.717) is 5.75 Å². The van der Waals surface area contributed by atoms with E-state index in [4.69, 9.17) is 9.47 Å². The lowest BCUT2D eigenvalue weighted by Gasteiger charge is -2.11. The Bertz CT molecular complexity index is 925. The molecule has 5 nitrogen and oxygen atoms in total. The summed E-state index contributed by atoms with van der Waals surface area (Å²) in [6.45, 7) is 1.90. The molecule has 0 aliphatic rings. The summed E-state index contributed by atoms with van der Waals surface area (Å²) in [6.07, 6.45) is 0. The topological polar surface area (TPSA) is 60.5 Å². The molecule has 0 spiro atoms. The molecular formula is C21H22N2O3S2. The first kappa shape index (κ1) is 20.2. The van der Waals surface area contributed by atoms with Crippen molar-refractivity contribution in [2.45, 2.75) is 17.9 Å². The Labute approximate surface area is 173 Å². The molecule has 1 amide bonds. The molecule has 0 aliphatic carbocycles. The number of methoxy groups -OCH3 is 2. The summed E-state index contributed by atoms with van der Waals surface area (Å²) in [5.74, 6) is 2.22. The minimum Gasteiger partial charge on any atom is -0.497 e. The van der Waals surface area contributed by atoms with Crippen LogP contribution in [0.4, 0.5) is 5.69 Å². The summed E-state index contributed by atoms with van der Waals surface area (Å²) in [5, 5.41) is 5.72. The molecule has 3 rings (SSSR count). The fourth-order valence-electron chi connectivity index (χ4n) is 2.47. The lowest BCUT2D eigenvalue weighted by Crippen LogP contribution is -2.22. The third-order valence-electron chi connectivity index (χ3n) is 4.08. The first-order chi connectivity index (χ1) is 13.6. The monoisotopic (exact) mass is 414 g/mol. The van der Waals surface area contributed by atoms with Crippen molar-refractivity contribution in [1.29, 1.82) is 0 Å². The molecule has 1 unspecified atom stereocenters. The molecule has 0 radical (unpaired) electrons. The molecular weight excluding hydrogens is 392 g/mol. The number of amides is 1. The normalized spacial score (nSPS) is 11.7. The zero-order valence-electron chi connectivity index (χ0n) is 16.0. The highest BCUT2D eigenvalue weighted by atomic mass is 32.2. The summed E-state index contributed by atoms with van der Waals surface area (Å²) in [6, 6.07) is 15.2. The van der Waals surface area contributed by atoms with Crippen LogP contribution >= 0.6 is 23.1 Å². The van der Waals surface area contributed by atoms with Gasteiger partial charge in [0.15, 0.2) is 0 Å². The first-order valence-electron chi connectivity index (χ1n) is 8.74. The Kier molecular flexibility index (Phi) is 6.95. The molecule has 1 N–H and O–H groups in total. The van der Waals surface area contributed by atoms with E-state index >= 15 is 0 Å². The summed E-state index contributed by atoms with van der Waals surface area (Å²) >= 11 is 3.16. The number of anilines is 1. The van der Waals surface area contributed by atoms with E-state index < -0.39 is 0 Å². The van der Waals surface area contributed by atoms with Gasteiger partial charge < -0.3 is 14.8 Å². The van der Waals surface area contributed by atoms with E-state index in [2.05, 4.69) is 10.3 Å². The average molecular weight is 415 g/mol. The van der Waals surface area contributed by atoms with Crippen LogP contribution in [0.1, 0.15) is 12.6 Å². The smallest absolute Gasteiger partial charge is 0.237 e. The predicted octanol–water partition coefficient (Wildman–Crippen LogP) is 5.09. The summed E-state index contributed by atoms with van der Waals surface area (Å²) in [7, 11) is 3.27. The number of nitrogens with zero attached hydrogens (tertiary/aromatic N) is 1. The molecule has 0 aliphatic heterocycles. The molecule has 0 bridgehead atoms. The maximum Gasteiger partial charge on any atom is 0.237 e.